The van der Waals surface area contributed by atoms with Crippen molar-refractivity contribution < 1.29 is 14.3 Å². The predicted octanol–water partition coefficient (Wildman–Crippen LogP) is 2.30. The van der Waals surface area contributed by atoms with Crippen LogP contribution in [0.2, 0.25) is 0 Å². The van der Waals surface area contributed by atoms with E-state index in [-0.39, 0.29) is 18.9 Å². The van der Waals surface area contributed by atoms with Gasteiger partial charge in [-0.3, -0.25) is 4.79 Å². The molecule has 1 aromatic rings. The predicted molar refractivity (Wildman–Crippen MR) is 74.3 cm³/mol. The maximum Gasteiger partial charge on any atom is 0.407 e. The molecule has 2 N–H and O–H groups in total. The van der Waals surface area contributed by atoms with E-state index >= 15 is 0 Å². The van der Waals surface area contributed by atoms with Crippen LogP contribution in [0.4, 0.5) is 9.93 Å². The molecule has 2 amide bonds. The summed E-state index contributed by atoms with van der Waals surface area (Å²) in [6, 6.07) is 0. The molecule has 0 saturated heterocycles. The molecule has 106 valence electrons. The number of aromatic nitrogens is 1. The van der Waals surface area contributed by atoms with E-state index in [0.29, 0.717) is 5.13 Å². The van der Waals surface area contributed by atoms with Crippen molar-refractivity contribution >= 4 is 28.5 Å². The van der Waals surface area contributed by atoms with Crippen molar-refractivity contribution in [2.24, 2.45) is 0 Å². The van der Waals surface area contributed by atoms with E-state index in [2.05, 4.69) is 15.6 Å². The number of nitrogens with one attached hydrogen (secondary N) is 2. The number of ether oxygens (including phenoxy) is 1. The second kappa shape index (κ2) is 6.51. The summed E-state index contributed by atoms with van der Waals surface area (Å²) in [5, 5.41) is 5.75. The molecule has 0 bridgehead atoms. The van der Waals surface area contributed by atoms with Crippen LogP contribution in [0.1, 0.15) is 32.1 Å². The number of hydrogen-bond acceptors (Lipinski definition) is 5. The Kier molecular flexibility index (Phi) is 5.29. The lowest BCUT2D eigenvalue weighted by molar-refractivity contribution is -0.116. The van der Waals surface area contributed by atoms with Crippen LogP contribution in [0.25, 0.3) is 0 Å². The van der Waals surface area contributed by atoms with E-state index in [9.17, 15) is 9.59 Å². The molecule has 0 atom stereocenters. The highest BCUT2D eigenvalue weighted by atomic mass is 32.1. The van der Waals surface area contributed by atoms with Gasteiger partial charge in [-0.15, -0.1) is 11.3 Å². The van der Waals surface area contributed by atoms with Crippen molar-refractivity contribution in [2.75, 3.05) is 11.9 Å². The number of hydrogen-bond donors (Lipinski definition) is 2. The molecule has 0 unspecified atom stereocenters. The molecule has 6 nitrogen and oxygen atoms in total. The Balaban J connectivity index is 2.22. The fraction of sp³-hybridized carbons (Fsp3) is 0.583. The zero-order chi connectivity index (χ0) is 14.5. The number of thiazole rings is 1. The zero-order valence-electron chi connectivity index (χ0n) is 11.6. The summed E-state index contributed by atoms with van der Waals surface area (Å²) in [5.41, 5.74) is -0.537. The number of amides is 2. The Morgan fingerprint density at radius 2 is 2.11 bits per heavy atom. The van der Waals surface area contributed by atoms with Crippen LogP contribution in [0, 0.1) is 6.92 Å². The average Bonchev–Trinajstić information content (AvgIpc) is 2.61. The van der Waals surface area contributed by atoms with Crippen LogP contribution < -0.4 is 10.6 Å². The molecular formula is C12H19N3O3S. The van der Waals surface area contributed by atoms with Crippen LogP contribution in [0.3, 0.4) is 0 Å². The third-order valence-corrected chi connectivity index (χ3v) is 2.72. The fourth-order valence-corrected chi connectivity index (χ4v) is 1.87. The highest BCUT2D eigenvalue weighted by molar-refractivity contribution is 7.15. The molecule has 1 heterocycles. The lowest BCUT2D eigenvalue weighted by Gasteiger charge is -2.19. The van der Waals surface area contributed by atoms with Crippen molar-refractivity contribution in [3.63, 3.8) is 0 Å². The van der Waals surface area contributed by atoms with Gasteiger partial charge >= 0.3 is 6.09 Å². The summed E-state index contributed by atoms with van der Waals surface area (Å²) < 4.78 is 5.05. The number of alkyl carbamates (subject to hydrolysis) is 1. The van der Waals surface area contributed by atoms with Crippen LogP contribution in [-0.4, -0.2) is 29.1 Å². The summed E-state index contributed by atoms with van der Waals surface area (Å²) in [5.74, 6) is -0.189. The van der Waals surface area contributed by atoms with E-state index in [4.69, 9.17) is 4.74 Å². The average molecular weight is 285 g/mol. The van der Waals surface area contributed by atoms with E-state index in [1.54, 1.807) is 27.0 Å². The van der Waals surface area contributed by atoms with Crippen molar-refractivity contribution in [3.8, 4) is 0 Å². The Morgan fingerprint density at radius 1 is 1.42 bits per heavy atom. The molecule has 1 aromatic heterocycles. The van der Waals surface area contributed by atoms with Crippen molar-refractivity contribution in [2.45, 2.75) is 39.7 Å². The van der Waals surface area contributed by atoms with Gasteiger partial charge in [0.1, 0.15) is 5.60 Å². The van der Waals surface area contributed by atoms with Gasteiger partial charge in [0.05, 0.1) is 0 Å². The molecule has 1 rings (SSSR count). The molecule has 0 spiro atoms. The van der Waals surface area contributed by atoms with Crippen molar-refractivity contribution in [1.82, 2.24) is 10.3 Å². The number of rotatable bonds is 4. The molecule has 0 aliphatic heterocycles. The highest BCUT2D eigenvalue weighted by Crippen LogP contribution is 2.16. The topological polar surface area (TPSA) is 80.3 Å². The maximum atomic E-state index is 11.6. The first-order valence-corrected chi connectivity index (χ1v) is 6.77. The van der Waals surface area contributed by atoms with Crippen LogP contribution in [0.5, 0.6) is 0 Å². The summed E-state index contributed by atoms with van der Waals surface area (Å²) in [6.07, 6.45) is 1.35. The van der Waals surface area contributed by atoms with Gasteiger partial charge in [-0.1, -0.05) is 0 Å². The number of carbonyl (C=O) groups is 2. The molecular weight excluding hydrogens is 266 g/mol. The normalized spacial score (nSPS) is 10.9. The van der Waals surface area contributed by atoms with Gasteiger partial charge in [0, 0.05) is 24.0 Å². The SMILES string of the molecule is Cc1cnc(NC(=O)CCNC(=O)OC(C)(C)C)s1. The van der Waals surface area contributed by atoms with Gasteiger partial charge in [-0.05, 0) is 27.7 Å². The third-order valence-electron chi connectivity index (χ3n) is 1.89. The summed E-state index contributed by atoms with van der Waals surface area (Å²) >= 11 is 1.41. The third kappa shape index (κ3) is 6.76. The quantitative estimate of drug-likeness (QED) is 0.889. The maximum absolute atomic E-state index is 11.6. The van der Waals surface area contributed by atoms with E-state index in [1.807, 2.05) is 6.92 Å². The minimum atomic E-state index is -0.537. The van der Waals surface area contributed by atoms with Crippen molar-refractivity contribution in [1.29, 1.82) is 0 Å². The van der Waals surface area contributed by atoms with Gasteiger partial charge in [0.15, 0.2) is 5.13 Å². The number of aryl methyl sites for hydroxylation is 1. The molecule has 0 saturated carbocycles. The van der Waals surface area contributed by atoms with E-state index in [1.165, 1.54) is 11.3 Å². The Morgan fingerprint density at radius 3 is 2.63 bits per heavy atom. The molecule has 0 fully saturated rings. The number of anilines is 1. The van der Waals surface area contributed by atoms with E-state index < -0.39 is 11.7 Å². The van der Waals surface area contributed by atoms with Gasteiger partial charge in [-0.2, -0.15) is 0 Å². The molecule has 0 aliphatic rings. The Labute approximate surface area is 116 Å². The van der Waals surface area contributed by atoms with Crippen LogP contribution in [0.15, 0.2) is 6.20 Å². The monoisotopic (exact) mass is 285 g/mol. The van der Waals surface area contributed by atoms with Crippen molar-refractivity contribution in [3.05, 3.63) is 11.1 Å². The molecule has 7 heteroatoms. The fourth-order valence-electron chi connectivity index (χ4n) is 1.19. The lowest BCUT2D eigenvalue weighted by Crippen LogP contribution is -2.34. The first-order chi connectivity index (χ1) is 8.76. The standard InChI is InChI=1S/C12H19N3O3S/c1-8-7-14-10(19-8)15-9(16)5-6-13-11(17)18-12(2,3)4/h7H,5-6H2,1-4H3,(H,13,17)(H,14,15,16). The first-order valence-electron chi connectivity index (χ1n) is 5.95. The highest BCUT2D eigenvalue weighted by Gasteiger charge is 2.15. The van der Waals surface area contributed by atoms with Gasteiger partial charge in [0.2, 0.25) is 5.91 Å². The van der Waals surface area contributed by atoms with E-state index in [0.717, 1.165) is 4.88 Å². The molecule has 0 aliphatic carbocycles. The minimum Gasteiger partial charge on any atom is -0.444 e. The second-order valence-corrected chi connectivity index (χ2v) is 6.24. The summed E-state index contributed by atoms with van der Waals surface area (Å²) in [7, 11) is 0. The zero-order valence-corrected chi connectivity index (χ0v) is 12.4. The molecule has 0 aromatic carbocycles. The molecule has 19 heavy (non-hydrogen) atoms. The molecule has 0 radical (unpaired) electrons. The first kappa shape index (κ1) is 15.4. The second-order valence-electron chi connectivity index (χ2n) is 5.00. The summed E-state index contributed by atoms with van der Waals surface area (Å²) in [6.45, 7) is 7.49. The summed E-state index contributed by atoms with van der Waals surface area (Å²) in [4.78, 5) is 27.9. The van der Waals surface area contributed by atoms with Gasteiger partial charge < -0.3 is 15.4 Å². The Bertz CT molecular complexity index is 451. The largest absolute Gasteiger partial charge is 0.444 e. The smallest absolute Gasteiger partial charge is 0.407 e. The van der Waals surface area contributed by atoms with Gasteiger partial charge in [0.25, 0.3) is 0 Å². The van der Waals surface area contributed by atoms with Gasteiger partial charge in [-0.25, -0.2) is 9.78 Å². The van der Waals surface area contributed by atoms with Crippen LogP contribution >= 0.6 is 11.3 Å². The Hall–Kier alpha value is -1.63. The lowest BCUT2D eigenvalue weighted by atomic mass is 10.2. The van der Waals surface area contributed by atoms with Crippen LogP contribution in [-0.2, 0) is 9.53 Å². The number of carbonyl (C=O) groups excluding carboxylic acids is 2. The minimum absolute atomic E-state index is 0.178. The number of nitrogens with zero attached hydrogens (tertiary/aromatic N) is 1.